The predicted molar refractivity (Wildman–Crippen MR) is 97.1 cm³/mol. The summed E-state index contributed by atoms with van der Waals surface area (Å²) in [4.78, 5) is 6.49. The van der Waals surface area contributed by atoms with Crippen molar-refractivity contribution in [2.45, 2.75) is 6.92 Å². The molecule has 0 radical (unpaired) electrons. The maximum Gasteiger partial charge on any atom is 0.231 e. The van der Waals surface area contributed by atoms with Crippen molar-refractivity contribution in [2.24, 2.45) is 10.2 Å². The molecule has 0 bridgehead atoms. The maximum atomic E-state index is 7.70. The second-order valence-electron chi connectivity index (χ2n) is 5.41. The van der Waals surface area contributed by atoms with Crippen LogP contribution in [0.25, 0.3) is 10.2 Å². The van der Waals surface area contributed by atoms with Crippen molar-refractivity contribution in [2.75, 3.05) is 19.0 Å². The lowest BCUT2D eigenvalue weighted by molar-refractivity contribution is 1.13. The van der Waals surface area contributed by atoms with Crippen LogP contribution in [0.3, 0.4) is 0 Å². The van der Waals surface area contributed by atoms with Gasteiger partial charge in [-0.15, -0.1) is 10.2 Å². The molecule has 0 atom stereocenters. The van der Waals surface area contributed by atoms with Crippen LogP contribution in [0, 0.1) is 5.41 Å². The van der Waals surface area contributed by atoms with Gasteiger partial charge < -0.3 is 10.3 Å². The Bertz CT molecular complexity index is 878. The number of hydrogen-bond donors (Lipinski definition) is 1. The summed E-state index contributed by atoms with van der Waals surface area (Å²) in [5.41, 5.74) is 4.26. The first-order chi connectivity index (χ1) is 11.0. The second kappa shape index (κ2) is 6.26. The molecule has 0 unspecified atom stereocenters. The molecule has 3 aromatic rings. The van der Waals surface area contributed by atoms with Gasteiger partial charge in [-0.25, -0.2) is 4.98 Å². The molecule has 1 N–H and O–H groups in total. The van der Waals surface area contributed by atoms with Gasteiger partial charge >= 0.3 is 0 Å². The summed E-state index contributed by atoms with van der Waals surface area (Å²) in [7, 11) is 4.00. The summed E-state index contributed by atoms with van der Waals surface area (Å²) in [5.74, 6) is 0. The monoisotopic (exact) mass is 323 g/mol. The number of aromatic nitrogens is 1. The number of fused-ring (bicyclic) bond motifs is 1. The van der Waals surface area contributed by atoms with Crippen molar-refractivity contribution >= 4 is 43.8 Å². The van der Waals surface area contributed by atoms with Gasteiger partial charge in [0.25, 0.3) is 0 Å². The highest BCUT2D eigenvalue weighted by Crippen LogP contribution is 2.30. The second-order valence-corrected chi connectivity index (χ2v) is 6.42. The van der Waals surface area contributed by atoms with Gasteiger partial charge in [0, 0.05) is 25.5 Å². The summed E-state index contributed by atoms with van der Waals surface area (Å²) in [6, 6.07) is 13.7. The van der Waals surface area contributed by atoms with Crippen molar-refractivity contribution < 1.29 is 0 Å². The molecule has 0 amide bonds. The lowest BCUT2D eigenvalue weighted by atomic mass is 10.1. The van der Waals surface area contributed by atoms with Crippen molar-refractivity contribution in [1.82, 2.24) is 4.98 Å². The number of rotatable bonds is 4. The van der Waals surface area contributed by atoms with E-state index in [1.165, 1.54) is 11.3 Å². The van der Waals surface area contributed by atoms with Crippen LogP contribution in [0.1, 0.15) is 12.5 Å². The highest BCUT2D eigenvalue weighted by Gasteiger charge is 2.05. The Morgan fingerprint density at radius 3 is 2.48 bits per heavy atom. The molecular formula is C17H17N5S. The summed E-state index contributed by atoms with van der Waals surface area (Å²) >= 11 is 1.48. The smallest absolute Gasteiger partial charge is 0.231 e. The fourth-order valence-corrected chi connectivity index (χ4v) is 2.93. The van der Waals surface area contributed by atoms with Crippen molar-refractivity contribution in [3.63, 3.8) is 0 Å². The summed E-state index contributed by atoms with van der Waals surface area (Å²) in [6.45, 7) is 1.78. The first-order valence-electron chi connectivity index (χ1n) is 7.18. The fraction of sp³-hybridized carbons (Fsp3) is 0.176. The Balaban J connectivity index is 1.84. The molecule has 1 aromatic heterocycles. The van der Waals surface area contributed by atoms with Crippen LogP contribution in [0.2, 0.25) is 0 Å². The molecular weight excluding hydrogens is 306 g/mol. The van der Waals surface area contributed by atoms with Gasteiger partial charge in [-0.1, -0.05) is 17.4 Å². The maximum absolute atomic E-state index is 7.70. The summed E-state index contributed by atoms with van der Waals surface area (Å²) in [5, 5.41) is 16.8. The predicted octanol–water partition coefficient (Wildman–Crippen LogP) is 5.17. The highest BCUT2D eigenvalue weighted by atomic mass is 32.1. The Kier molecular flexibility index (Phi) is 4.16. The van der Waals surface area contributed by atoms with Gasteiger partial charge in [0.05, 0.1) is 15.9 Å². The van der Waals surface area contributed by atoms with E-state index in [1.54, 1.807) is 6.92 Å². The highest BCUT2D eigenvalue weighted by molar-refractivity contribution is 7.21. The van der Waals surface area contributed by atoms with E-state index in [9.17, 15) is 0 Å². The lowest BCUT2D eigenvalue weighted by Crippen LogP contribution is -2.07. The Labute approximate surface area is 138 Å². The van der Waals surface area contributed by atoms with E-state index >= 15 is 0 Å². The average molecular weight is 323 g/mol. The zero-order valence-electron chi connectivity index (χ0n) is 13.2. The topological polar surface area (TPSA) is 64.7 Å². The van der Waals surface area contributed by atoms with E-state index in [1.807, 2.05) is 61.5 Å². The third-order valence-electron chi connectivity index (χ3n) is 3.43. The third-order valence-corrected chi connectivity index (χ3v) is 4.33. The van der Waals surface area contributed by atoms with Crippen LogP contribution < -0.4 is 4.90 Å². The van der Waals surface area contributed by atoms with Gasteiger partial charge in [-0.05, 0) is 48.9 Å². The van der Waals surface area contributed by atoms with Gasteiger partial charge in [0.15, 0.2) is 0 Å². The molecule has 3 rings (SSSR count). The number of anilines is 1. The first-order valence-corrected chi connectivity index (χ1v) is 8.00. The molecule has 0 spiro atoms. The molecule has 0 saturated heterocycles. The van der Waals surface area contributed by atoms with E-state index in [0.717, 1.165) is 27.2 Å². The SMILES string of the molecule is CC(=N)c1ccc2nc(/N=N/c3ccc(N(C)C)cc3)sc2c1. The molecule has 6 heteroatoms. The van der Waals surface area contributed by atoms with Gasteiger partial charge in [-0.2, -0.15) is 0 Å². The molecule has 23 heavy (non-hydrogen) atoms. The van der Waals surface area contributed by atoms with Crippen LogP contribution in [0.15, 0.2) is 52.7 Å². The van der Waals surface area contributed by atoms with Crippen molar-refractivity contribution in [1.29, 1.82) is 5.41 Å². The van der Waals surface area contributed by atoms with Crippen LogP contribution in [0.4, 0.5) is 16.5 Å². The summed E-state index contributed by atoms with van der Waals surface area (Å²) < 4.78 is 1.02. The average Bonchev–Trinajstić information content (AvgIpc) is 2.95. The standard InChI is InChI=1S/C17H17N5S/c1-11(18)12-4-9-15-16(10-12)23-17(19-15)21-20-13-5-7-14(8-6-13)22(2)3/h4-10,18H,1-3H3/b18-11?,21-20+. The minimum Gasteiger partial charge on any atom is -0.378 e. The van der Waals surface area contributed by atoms with E-state index < -0.39 is 0 Å². The molecule has 2 aromatic carbocycles. The first kappa shape index (κ1) is 15.3. The lowest BCUT2D eigenvalue weighted by Gasteiger charge is -2.11. The van der Waals surface area contributed by atoms with Crippen LogP contribution in [-0.2, 0) is 0 Å². The van der Waals surface area contributed by atoms with E-state index in [2.05, 4.69) is 15.2 Å². The van der Waals surface area contributed by atoms with Crippen LogP contribution in [0.5, 0.6) is 0 Å². The minimum absolute atomic E-state index is 0.546. The Hall–Kier alpha value is -2.60. The van der Waals surface area contributed by atoms with Gasteiger partial charge in [0.2, 0.25) is 5.13 Å². The molecule has 0 aliphatic carbocycles. The van der Waals surface area contributed by atoms with E-state index in [0.29, 0.717) is 10.8 Å². The van der Waals surface area contributed by atoms with Crippen molar-refractivity contribution in [3.05, 3.63) is 48.0 Å². The quantitative estimate of drug-likeness (QED) is 0.532. The normalized spacial score (nSPS) is 11.3. The number of nitrogens with zero attached hydrogens (tertiary/aromatic N) is 4. The molecule has 0 aliphatic rings. The Morgan fingerprint density at radius 2 is 1.83 bits per heavy atom. The van der Waals surface area contributed by atoms with Gasteiger partial charge in [-0.3, -0.25) is 0 Å². The van der Waals surface area contributed by atoms with Crippen molar-refractivity contribution in [3.8, 4) is 0 Å². The Morgan fingerprint density at radius 1 is 1.09 bits per heavy atom. The largest absolute Gasteiger partial charge is 0.378 e. The number of azo groups is 1. The zero-order chi connectivity index (χ0) is 16.4. The number of nitrogens with one attached hydrogen (secondary N) is 1. The number of benzene rings is 2. The zero-order valence-corrected chi connectivity index (χ0v) is 14.1. The molecule has 116 valence electrons. The van der Waals surface area contributed by atoms with Gasteiger partial charge in [0.1, 0.15) is 0 Å². The molecule has 0 saturated carbocycles. The van der Waals surface area contributed by atoms with Crippen LogP contribution >= 0.6 is 11.3 Å². The number of thiazole rings is 1. The molecule has 1 heterocycles. The fourth-order valence-electron chi connectivity index (χ4n) is 2.11. The third kappa shape index (κ3) is 3.43. The summed E-state index contributed by atoms with van der Waals surface area (Å²) in [6.07, 6.45) is 0. The molecule has 0 aliphatic heterocycles. The number of hydrogen-bond acceptors (Lipinski definition) is 6. The minimum atomic E-state index is 0.546. The van der Waals surface area contributed by atoms with E-state index in [4.69, 9.17) is 5.41 Å². The van der Waals surface area contributed by atoms with E-state index in [-0.39, 0.29) is 0 Å². The van der Waals surface area contributed by atoms with Crippen LogP contribution in [-0.4, -0.2) is 24.8 Å². The molecule has 0 fully saturated rings. The molecule has 5 nitrogen and oxygen atoms in total.